The van der Waals surface area contributed by atoms with Gasteiger partial charge in [-0.25, -0.2) is 0 Å². The molecule has 24 heavy (non-hydrogen) atoms. The van der Waals surface area contributed by atoms with Crippen LogP contribution in [-0.4, -0.2) is 18.1 Å². The van der Waals surface area contributed by atoms with Gasteiger partial charge in [0, 0.05) is 18.7 Å². The molecule has 0 spiro atoms. The smallest absolute Gasteiger partial charge is 0.269 e. The summed E-state index contributed by atoms with van der Waals surface area (Å²) >= 11 is 0. The van der Waals surface area contributed by atoms with Crippen molar-refractivity contribution in [1.82, 2.24) is 0 Å². The van der Waals surface area contributed by atoms with E-state index in [0.29, 0.717) is 6.61 Å². The maximum Gasteiger partial charge on any atom is 0.269 e. The summed E-state index contributed by atoms with van der Waals surface area (Å²) in [5, 5.41) is 10.6. The topological polar surface area (TPSA) is 78.4 Å². The second-order valence-corrected chi connectivity index (χ2v) is 6.30. The lowest BCUT2D eigenvalue weighted by Crippen LogP contribution is -1.97. The molecule has 0 radical (unpaired) electrons. The third-order valence-electron chi connectivity index (χ3n) is 4.16. The lowest BCUT2D eigenvalue weighted by Gasteiger charge is -2.05. The highest BCUT2D eigenvalue weighted by Crippen LogP contribution is 2.13. The van der Waals surface area contributed by atoms with Gasteiger partial charge in [0.05, 0.1) is 11.5 Å². The van der Waals surface area contributed by atoms with Crippen molar-refractivity contribution in [3.63, 3.8) is 0 Å². The van der Waals surface area contributed by atoms with Crippen molar-refractivity contribution >= 4 is 5.69 Å². The zero-order valence-corrected chi connectivity index (χ0v) is 14.8. The Morgan fingerprint density at radius 2 is 1.33 bits per heavy atom. The van der Waals surface area contributed by atoms with Crippen LogP contribution in [-0.2, 0) is 11.3 Å². The van der Waals surface area contributed by atoms with Crippen molar-refractivity contribution in [2.24, 2.45) is 5.73 Å². The van der Waals surface area contributed by atoms with Gasteiger partial charge in [0.1, 0.15) is 0 Å². The van der Waals surface area contributed by atoms with Gasteiger partial charge >= 0.3 is 0 Å². The summed E-state index contributed by atoms with van der Waals surface area (Å²) in [5.41, 5.74) is 6.58. The molecule has 0 saturated carbocycles. The Labute approximate surface area is 145 Å². The standard InChI is InChI=1S/C19H32N2O3/c20-15-9-7-5-3-1-2-4-6-8-10-16-24-17-18-11-13-19(14-12-18)21(22)23/h11-14H,1-10,15-17,20H2. The van der Waals surface area contributed by atoms with Crippen LogP contribution in [0, 0.1) is 10.1 Å². The molecule has 0 saturated heterocycles. The van der Waals surface area contributed by atoms with Gasteiger partial charge in [0.2, 0.25) is 0 Å². The van der Waals surface area contributed by atoms with Gasteiger partial charge in [-0.2, -0.15) is 0 Å². The molecule has 0 fully saturated rings. The monoisotopic (exact) mass is 336 g/mol. The normalized spacial score (nSPS) is 10.9. The predicted octanol–water partition coefficient (Wildman–Crippen LogP) is 4.97. The minimum Gasteiger partial charge on any atom is -0.377 e. The molecule has 0 unspecified atom stereocenters. The number of hydrogen-bond acceptors (Lipinski definition) is 4. The molecule has 136 valence electrons. The predicted molar refractivity (Wildman–Crippen MR) is 98.0 cm³/mol. The molecule has 0 aromatic heterocycles. The van der Waals surface area contributed by atoms with E-state index < -0.39 is 0 Å². The molecule has 0 amide bonds. The first-order valence-electron chi connectivity index (χ1n) is 9.25. The number of unbranched alkanes of at least 4 members (excludes halogenated alkanes) is 9. The van der Waals surface area contributed by atoms with Crippen LogP contribution in [0.25, 0.3) is 0 Å². The number of nitro benzene ring substituents is 1. The summed E-state index contributed by atoms with van der Waals surface area (Å²) < 4.78 is 5.62. The van der Waals surface area contributed by atoms with Crippen molar-refractivity contribution in [3.05, 3.63) is 39.9 Å². The number of hydrogen-bond donors (Lipinski definition) is 1. The van der Waals surface area contributed by atoms with Gasteiger partial charge in [-0.05, 0) is 37.1 Å². The number of rotatable bonds is 15. The molecule has 0 bridgehead atoms. The van der Waals surface area contributed by atoms with Crippen LogP contribution in [0.5, 0.6) is 0 Å². The van der Waals surface area contributed by atoms with E-state index in [4.69, 9.17) is 10.5 Å². The van der Waals surface area contributed by atoms with Crippen molar-refractivity contribution in [2.45, 2.75) is 70.8 Å². The van der Waals surface area contributed by atoms with E-state index in [-0.39, 0.29) is 10.6 Å². The number of benzene rings is 1. The molecule has 0 aliphatic carbocycles. The Kier molecular flexibility index (Phi) is 11.9. The van der Waals surface area contributed by atoms with E-state index in [1.54, 1.807) is 12.1 Å². The summed E-state index contributed by atoms with van der Waals surface area (Å²) in [4.78, 5) is 10.2. The van der Waals surface area contributed by atoms with Gasteiger partial charge in [-0.15, -0.1) is 0 Å². The highest BCUT2D eigenvalue weighted by Gasteiger charge is 2.03. The Bertz CT molecular complexity index is 435. The molecule has 1 aromatic carbocycles. The van der Waals surface area contributed by atoms with Gasteiger partial charge in [0.15, 0.2) is 0 Å². The average molecular weight is 336 g/mol. The summed E-state index contributed by atoms with van der Waals surface area (Å²) in [6, 6.07) is 6.56. The number of non-ortho nitro benzene ring substituents is 1. The number of nitrogens with zero attached hydrogens (tertiary/aromatic N) is 1. The molecule has 1 aromatic rings. The second-order valence-electron chi connectivity index (χ2n) is 6.30. The van der Waals surface area contributed by atoms with E-state index in [1.165, 1.54) is 69.9 Å². The highest BCUT2D eigenvalue weighted by molar-refractivity contribution is 5.32. The Morgan fingerprint density at radius 1 is 0.833 bits per heavy atom. The molecule has 5 heteroatoms. The number of ether oxygens (including phenoxy) is 1. The molecule has 0 aliphatic heterocycles. The summed E-state index contributed by atoms with van der Waals surface area (Å²) in [6.45, 7) is 2.11. The largest absolute Gasteiger partial charge is 0.377 e. The molecule has 2 N–H and O–H groups in total. The molecule has 0 heterocycles. The quantitative estimate of drug-likeness (QED) is 0.278. The van der Waals surface area contributed by atoms with Crippen LogP contribution in [0.3, 0.4) is 0 Å². The third kappa shape index (κ3) is 10.3. The van der Waals surface area contributed by atoms with E-state index in [1.807, 2.05) is 0 Å². The average Bonchev–Trinajstić information content (AvgIpc) is 2.59. The third-order valence-corrected chi connectivity index (χ3v) is 4.16. The van der Waals surface area contributed by atoms with Crippen LogP contribution in [0.4, 0.5) is 5.69 Å². The Hall–Kier alpha value is -1.46. The van der Waals surface area contributed by atoms with Gasteiger partial charge in [-0.3, -0.25) is 10.1 Å². The second kappa shape index (κ2) is 13.9. The number of nitro groups is 1. The Balaban J connectivity index is 1.87. The minimum atomic E-state index is -0.384. The van der Waals surface area contributed by atoms with Crippen molar-refractivity contribution in [1.29, 1.82) is 0 Å². The summed E-state index contributed by atoms with van der Waals surface area (Å²) in [5.74, 6) is 0. The van der Waals surface area contributed by atoms with E-state index in [9.17, 15) is 10.1 Å². The van der Waals surface area contributed by atoms with Crippen molar-refractivity contribution in [3.8, 4) is 0 Å². The fraction of sp³-hybridized carbons (Fsp3) is 0.684. The lowest BCUT2D eigenvalue weighted by atomic mass is 10.1. The maximum atomic E-state index is 10.6. The Morgan fingerprint density at radius 3 is 1.83 bits per heavy atom. The first-order valence-corrected chi connectivity index (χ1v) is 9.25. The van der Waals surface area contributed by atoms with Gasteiger partial charge in [0.25, 0.3) is 5.69 Å². The first kappa shape index (κ1) is 20.6. The molecule has 0 aliphatic rings. The molecule has 0 atom stereocenters. The first-order chi connectivity index (χ1) is 11.7. The summed E-state index contributed by atoms with van der Waals surface area (Å²) in [7, 11) is 0. The molecular formula is C19H32N2O3. The van der Waals surface area contributed by atoms with E-state index in [2.05, 4.69) is 0 Å². The fourth-order valence-corrected chi connectivity index (χ4v) is 2.67. The van der Waals surface area contributed by atoms with Crippen LogP contribution < -0.4 is 5.73 Å². The SMILES string of the molecule is NCCCCCCCCCCCCOCc1ccc([N+](=O)[O-])cc1. The van der Waals surface area contributed by atoms with Crippen molar-refractivity contribution < 1.29 is 9.66 Å². The van der Waals surface area contributed by atoms with Crippen molar-refractivity contribution in [2.75, 3.05) is 13.2 Å². The van der Waals surface area contributed by atoms with E-state index in [0.717, 1.165) is 25.1 Å². The zero-order chi connectivity index (χ0) is 17.5. The summed E-state index contributed by atoms with van der Waals surface area (Å²) in [6.07, 6.45) is 12.7. The maximum absolute atomic E-state index is 10.6. The molecule has 5 nitrogen and oxygen atoms in total. The lowest BCUT2D eigenvalue weighted by molar-refractivity contribution is -0.384. The van der Waals surface area contributed by atoms with Gasteiger partial charge in [-0.1, -0.05) is 51.4 Å². The molecular weight excluding hydrogens is 304 g/mol. The number of nitrogens with two attached hydrogens (primary N) is 1. The van der Waals surface area contributed by atoms with Crippen LogP contribution >= 0.6 is 0 Å². The highest BCUT2D eigenvalue weighted by atomic mass is 16.6. The molecule has 1 rings (SSSR count). The van der Waals surface area contributed by atoms with Crippen LogP contribution in [0.1, 0.15) is 69.8 Å². The van der Waals surface area contributed by atoms with E-state index >= 15 is 0 Å². The van der Waals surface area contributed by atoms with Crippen LogP contribution in [0.15, 0.2) is 24.3 Å². The fourth-order valence-electron chi connectivity index (χ4n) is 2.67. The zero-order valence-electron chi connectivity index (χ0n) is 14.8. The van der Waals surface area contributed by atoms with Gasteiger partial charge < -0.3 is 10.5 Å². The van der Waals surface area contributed by atoms with Crippen LogP contribution in [0.2, 0.25) is 0 Å². The minimum absolute atomic E-state index is 0.123.